The molecule has 0 saturated heterocycles. The van der Waals surface area contributed by atoms with E-state index in [1.165, 1.54) is 0 Å². The van der Waals surface area contributed by atoms with Gasteiger partial charge in [0.2, 0.25) is 0 Å². The molecule has 3 nitrogen and oxygen atoms in total. The Kier molecular flexibility index (Phi) is 0.982. The first kappa shape index (κ1) is 4.59. The highest BCUT2D eigenvalue weighted by Gasteiger charge is 1.96. The zero-order chi connectivity index (χ0) is 5.28. The van der Waals surface area contributed by atoms with Crippen LogP contribution in [0.15, 0.2) is 4.63 Å². The predicted octanol–water partition coefficient (Wildman–Crippen LogP) is 1.03. The minimum absolute atomic E-state index is 0.333. The highest BCUT2D eigenvalue weighted by Crippen LogP contribution is 2.05. The van der Waals surface area contributed by atoms with Crippen LogP contribution in [0.25, 0.3) is 0 Å². The summed E-state index contributed by atoms with van der Waals surface area (Å²) in [5, 5.41) is 7.03. The van der Waals surface area contributed by atoms with Crippen LogP contribution in [0.2, 0.25) is 5.15 Å². The summed E-state index contributed by atoms with van der Waals surface area (Å²) in [6.07, 6.45) is 0. The quantitative estimate of drug-likeness (QED) is 0.511. The molecule has 0 radical (unpaired) electrons. The molecule has 4 heteroatoms. The van der Waals surface area contributed by atoms with E-state index in [9.17, 15) is 0 Å². The lowest BCUT2D eigenvalue weighted by molar-refractivity contribution is 0.304. The van der Waals surface area contributed by atoms with E-state index in [0.717, 1.165) is 0 Å². The summed E-state index contributed by atoms with van der Waals surface area (Å²) in [5.41, 5.74) is 0.627. The maximum absolute atomic E-state index is 5.36. The van der Waals surface area contributed by atoms with E-state index >= 15 is 0 Å². The largest absolute Gasteiger partial charge is 0.243 e. The molecular formula is C3H3ClN2O. The molecule has 0 aliphatic carbocycles. The fourth-order valence-corrected chi connectivity index (χ4v) is 0.287. The highest BCUT2D eigenvalue weighted by atomic mass is 35.5. The summed E-state index contributed by atoms with van der Waals surface area (Å²) in [4.78, 5) is 0. The Morgan fingerprint density at radius 3 is 2.43 bits per heavy atom. The summed E-state index contributed by atoms with van der Waals surface area (Å²) in [6.45, 7) is 1.72. The van der Waals surface area contributed by atoms with Crippen LogP contribution in [0.5, 0.6) is 0 Å². The molecule has 0 saturated carbocycles. The second-order valence-electron chi connectivity index (χ2n) is 1.14. The smallest absolute Gasteiger partial charge is 0.196 e. The number of hydrogen-bond acceptors (Lipinski definition) is 3. The molecule has 0 spiro atoms. The van der Waals surface area contributed by atoms with E-state index in [4.69, 9.17) is 11.6 Å². The molecule has 0 N–H and O–H groups in total. The van der Waals surface area contributed by atoms with Gasteiger partial charge in [-0.2, -0.15) is 0 Å². The first-order valence-electron chi connectivity index (χ1n) is 1.75. The number of nitrogens with zero attached hydrogens (tertiary/aromatic N) is 2. The summed E-state index contributed by atoms with van der Waals surface area (Å²) in [7, 11) is 0. The monoisotopic (exact) mass is 118 g/mol. The fraction of sp³-hybridized carbons (Fsp3) is 0.333. The van der Waals surface area contributed by atoms with E-state index < -0.39 is 0 Å². The molecule has 7 heavy (non-hydrogen) atoms. The molecule has 1 rings (SSSR count). The Morgan fingerprint density at radius 2 is 2.29 bits per heavy atom. The van der Waals surface area contributed by atoms with Crippen LogP contribution < -0.4 is 0 Å². The zero-order valence-corrected chi connectivity index (χ0v) is 4.44. The number of aromatic nitrogens is 2. The number of aryl methyl sites for hydroxylation is 1. The summed E-state index contributed by atoms with van der Waals surface area (Å²) < 4.78 is 4.21. The van der Waals surface area contributed by atoms with E-state index in [1.54, 1.807) is 6.92 Å². The summed E-state index contributed by atoms with van der Waals surface area (Å²) in [5.74, 6) is 0. The van der Waals surface area contributed by atoms with E-state index in [-0.39, 0.29) is 0 Å². The van der Waals surface area contributed by atoms with Crippen molar-refractivity contribution in [2.45, 2.75) is 6.92 Å². The third-order valence-electron chi connectivity index (χ3n) is 0.597. The molecule has 38 valence electrons. The van der Waals surface area contributed by atoms with Crippen molar-refractivity contribution in [3.05, 3.63) is 10.8 Å². The third-order valence-corrected chi connectivity index (χ3v) is 0.940. The molecule has 0 bridgehead atoms. The SMILES string of the molecule is Cc1nonc1Cl. The Hall–Kier alpha value is -0.570. The first-order valence-corrected chi connectivity index (χ1v) is 2.13. The van der Waals surface area contributed by atoms with Gasteiger partial charge < -0.3 is 0 Å². The molecule has 0 unspecified atom stereocenters. The van der Waals surface area contributed by atoms with Crippen LogP contribution in [0.3, 0.4) is 0 Å². The van der Waals surface area contributed by atoms with E-state index in [1.807, 2.05) is 0 Å². The van der Waals surface area contributed by atoms with Crippen molar-refractivity contribution in [3.8, 4) is 0 Å². The van der Waals surface area contributed by atoms with Crippen molar-refractivity contribution in [1.29, 1.82) is 0 Å². The van der Waals surface area contributed by atoms with Gasteiger partial charge in [-0.05, 0) is 12.1 Å². The normalized spacial score (nSPS) is 9.43. The maximum Gasteiger partial charge on any atom is 0.196 e. The van der Waals surface area contributed by atoms with E-state index in [0.29, 0.717) is 10.8 Å². The lowest BCUT2D eigenvalue weighted by Crippen LogP contribution is -1.65. The summed E-state index contributed by atoms with van der Waals surface area (Å²) in [6, 6.07) is 0. The van der Waals surface area contributed by atoms with Crippen LogP contribution in [0.1, 0.15) is 5.69 Å². The van der Waals surface area contributed by atoms with Gasteiger partial charge in [0.25, 0.3) is 0 Å². The molecule has 0 aliphatic rings. The number of halogens is 1. The molecule has 0 aromatic carbocycles. The second kappa shape index (κ2) is 1.50. The van der Waals surface area contributed by atoms with Gasteiger partial charge in [0, 0.05) is 0 Å². The van der Waals surface area contributed by atoms with Gasteiger partial charge >= 0.3 is 0 Å². The fourth-order valence-electron chi connectivity index (χ4n) is 0.221. The molecule has 0 amide bonds. The average Bonchev–Trinajstić information content (AvgIpc) is 1.91. The van der Waals surface area contributed by atoms with Crippen molar-refractivity contribution in [3.63, 3.8) is 0 Å². The minimum atomic E-state index is 0.333. The predicted molar refractivity (Wildman–Crippen MR) is 24.0 cm³/mol. The van der Waals surface area contributed by atoms with Crippen LogP contribution in [-0.4, -0.2) is 10.3 Å². The molecule has 0 fully saturated rings. The van der Waals surface area contributed by atoms with Gasteiger partial charge in [-0.1, -0.05) is 16.8 Å². The lowest BCUT2D eigenvalue weighted by Gasteiger charge is -1.68. The number of hydrogen-bond donors (Lipinski definition) is 0. The highest BCUT2D eigenvalue weighted by molar-refractivity contribution is 6.29. The summed E-state index contributed by atoms with van der Waals surface area (Å²) >= 11 is 5.36. The lowest BCUT2D eigenvalue weighted by atomic mass is 10.6. The Labute approximate surface area is 45.2 Å². The van der Waals surface area contributed by atoms with Crippen LogP contribution in [0.4, 0.5) is 0 Å². The molecule has 0 aliphatic heterocycles. The van der Waals surface area contributed by atoms with Gasteiger partial charge in [0.15, 0.2) is 5.15 Å². The molecule has 1 aromatic rings. The topological polar surface area (TPSA) is 38.9 Å². The van der Waals surface area contributed by atoms with Crippen molar-refractivity contribution in [2.75, 3.05) is 0 Å². The van der Waals surface area contributed by atoms with Crippen LogP contribution in [-0.2, 0) is 0 Å². The van der Waals surface area contributed by atoms with Crippen molar-refractivity contribution < 1.29 is 4.63 Å². The molecule has 1 aromatic heterocycles. The number of rotatable bonds is 0. The van der Waals surface area contributed by atoms with Gasteiger partial charge in [0.1, 0.15) is 5.69 Å². The molecule has 0 atom stereocenters. The Bertz CT molecular complexity index is 145. The van der Waals surface area contributed by atoms with Gasteiger partial charge in [0.05, 0.1) is 0 Å². The third kappa shape index (κ3) is 0.718. The second-order valence-corrected chi connectivity index (χ2v) is 1.50. The minimum Gasteiger partial charge on any atom is -0.243 e. The van der Waals surface area contributed by atoms with Crippen LogP contribution in [0, 0.1) is 6.92 Å². The van der Waals surface area contributed by atoms with E-state index in [2.05, 4.69) is 14.9 Å². The zero-order valence-electron chi connectivity index (χ0n) is 3.68. The van der Waals surface area contributed by atoms with Crippen molar-refractivity contribution in [1.82, 2.24) is 10.3 Å². The van der Waals surface area contributed by atoms with Gasteiger partial charge in [-0.3, -0.25) is 0 Å². The Morgan fingerprint density at radius 1 is 1.57 bits per heavy atom. The maximum atomic E-state index is 5.36. The molecular weight excluding hydrogens is 115 g/mol. The van der Waals surface area contributed by atoms with Gasteiger partial charge in [-0.15, -0.1) is 0 Å². The average molecular weight is 119 g/mol. The molecule has 1 heterocycles. The van der Waals surface area contributed by atoms with Gasteiger partial charge in [-0.25, -0.2) is 4.63 Å². The van der Waals surface area contributed by atoms with Crippen molar-refractivity contribution >= 4 is 11.6 Å². The van der Waals surface area contributed by atoms with Crippen LogP contribution >= 0.6 is 11.6 Å². The standard InChI is InChI=1S/C3H3ClN2O/c1-2-3(4)6-7-5-2/h1H3. The first-order chi connectivity index (χ1) is 3.30. The van der Waals surface area contributed by atoms with Crippen molar-refractivity contribution in [2.24, 2.45) is 0 Å². The Balaban J connectivity index is 3.12.